The highest BCUT2D eigenvalue weighted by Gasteiger charge is 2.19. The average Bonchev–Trinajstić information content (AvgIpc) is 3.13. The molecule has 0 saturated heterocycles. The molecule has 3 N–H and O–H groups in total. The van der Waals surface area contributed by atoms with Crippen LogP contribution in [0.1, 0.15) is 38.3 Å². The molecule has 2 aromatic rings. The topological polar surface area (TPSA) is 69.5 Å². The van der Waals surface area contributed by atoms with Crippen molar-refractivity contribution in [3.8, 4) is 10.6 Å². The summed E-state index contributed by atoms with van der Waals surface area (Å²) in [6.45, 7) is 3.63. The summed E-state index contributed by atoms with van der Waals surface area (Å²) in [6, 6.07) is 10.7. The molecule has 0 aliphatic heterocycles. The van der Waals surface area contributed by atoms with Crippen molar-refractivity contribution in [2.45, 2.75) is 51.2 Å². The van der Waals surface area contributed by atoms with Crippen molar-refractivity contribution in [3.63, 3.8) is 0 Å². The Bertz CT molecular complexity index is 693. The first-order chi connectivity index (χ1) is 12.7. The van der Waals surface area contributed by atoms with E-state index in [2.05, 4.69) is 35.1 Å². The monoisotopic (exact) mass is 372 g/mol. The third-order valence-corrected chi connectivity index (χ3v) is 5.53. The van der Waals surface area contributed by atoms with Gasteiger partial charge in [0.1, 0.15) is 5.01 Å². The Morgan fingerprint density at radius 3 is 2.73 bits per heavy atom. The van der Waals surface area contributed by atoms with Gasteiger partial charge in [-0.3, -0.25) is 4.99 Å². The number of guanidine groups is 1. The number of nitrogens with zero attached hydrogens (tertiary/aromatic N) is 2. The van der Waals surface area contributed by atoms with E-state index in [4.69, 9.17) is 9.98 Å². The number of aromatic nitrogens is 1. The van der Waals surface area contributed by atoms with Crippen molar-refractivity contribution in [2.75, 3.05) is 13.1 Å². The van der Waals surface area contributed by atoms with Crippen molar-refractivity contribution < 1.29 is 5.11 Å². The van der Waals surface area contributed by atoms with Gasteiger partial charge in [-0.15, -0.1) is 11.3 Å². The van der Waals surface area contributed by atoms with Crippen LogP contribution in [0.25, 0.3) is 10.6 Å². The Balaban J connectivity index is 1.52. The standard InChI is InChI=1S/C20H28N4OS/c1-2-21-20(24-16-8-10-18(25)11-9-16)22-13-12-17-14-26-19(23-17)15-6-4-3-5-7-15/h3-7,14,16,18,25H,2,8-13H2,1H3,(H2,21,22,24). The second-order valence-corrected chi connectivity index (χ2v) is 7.53. The van der Waals surface area contributed by atoms with Crippen LogP contribution in [0.4, 0.5) is 0 Å². The van der Waals surface area contributed by atoms with Crippen LogP contribution < -0.4 is 10.6 Å². The normalized spacial score (nSPS) is 20.8. The fourth-order valence-corrected chi connectivity index (χ4v) is 4.01. The maximum absolute atomic E-state index is 9.64. The van der Waals surface area contributed by atoms with Crippen LogP contribution in [0.2, 0.25) is 0 Å². The van der Waals surface area contributed by atoms with Gasteiger partial charge < -0.3 is 15.7 Å². The van der Waals surface area contributed by atoms with Crippen molar-refractivity contribution in [3.05, 3.63) is 41.4 Å². The summed E-state index contributed by atoms with van der Waals surface area (Å²) in [6.07, 6.45) is 4.45. The lowest BCUT2D eigenvalue weighted by Crippen LogP contribution is -2.45. The van der Waals surface area contributed by atoms with Crippen LogP contribution in [0.15, 0.2) is 40.7 Å². The van der Waals surface area contributed by atoms with Gasteiger partial charge in [-0.25, -0.2) is 4.98 Å². The van der Waals surface area contributed by atoms with E-state index in [0.29, 0.717) is 12.6 Å². The zero-order valence-corrected chi connectivity index (χ0v) is 16.1. The van der Waals surface area contributed by atoms with Crippen LogP contribution in [-0.2, 0) is 6.42 Å². The minimum atomic E-state index is -0.129. The molecule has 0 unspecified atom stereocenters. The number of hydrogen-bond donors (Lipinski definition) is 3. The SMILES string of the molecule is CCNC(=NCCc1csc(-c2ccccc2)n1)NC1CCC(O)CC1. The fourth-order valence-electron chi connectivity index (χ4n) is 3.15. The molecule has 140 valence electrons. The zero-order valence-electron chi connectivity index (χ0n) is 15.3. The number of hydrogen-bond acceptors (Lipinski definition) is 4. The first kappa shape index (κ1) is 18.9. The van der Waals surface area contributed by atoms with Crippen molar-refractivity contribution in [2.24, 2.45) is 4.99 Å². The van der Waals surface area contributed by atoms with Gasteiger partial charge in [0, 0.05) is 36.5 Å². The molecule has 6 heteroatoms. The molecule has 1 saturated carbocycles. The molecule has 0 spiro atoms. The van der Waals surface area contributed by atoms with Gasteiger partial charge in [-0.1, -0.05) is 30.3 Å². The number of aliphatic hydroxyl groups excluding tert-OH is 1. The predicted molar refractivity (Wildman–Crippen MR) is 109 cm³/mol. The van der Waals surface area contributed by atoms with Gasteiger partial charge in [0.25, 0.3) is 0 Å². The van der Waals surface area contributed by atoms with Crippen LogP contribution >= 0.6 is 11.3 Å². The maximum atomic E-state index is 9.64. The van der Waals surface area contributed by atoms with Crippen LogP contribution in [-0.4, -0.2) is 41.3 Å². The van der Waals surface area contributed by atoms with E-state index in [1.165, 1.54) is 5.56 Å². The summed E-state index contributed by atoms with van der Waals surface area (Å²) in [7, 11) is 0. The van der Waals surface area contributed by atoms with E-state index in [1.54, 1.807) is 11.3 Å². The summed E-state index contributed by atoms with van der Waals surface area (Å²) >= 11 is 1.69. The van der Waals surface area contributed by atoms with Crippen LogP contribution in [0, 0.1) is 0 Å². The van der Waals surface area contributed by atoms with Crippen LogP contribution in [0.3, 0.4) is 0 Å². The Morgan fingerprint density at radius 1 is 1.23 bits per heavy atom. The van der Waals surface area contributed by atoms with Gasteiger partial charge in [-0.2, -0.15) is 0 Å². The third kappa shape index (κ3) is 5.54. The fraction of sp³-hybridized carbons (Fsp3) is 0.500. The second kappa shape index (κ2) is 9.69. The van der Waals surface area contributed by atoms with Crippen molar-refractivity contribution in [1.82, 2.24) is 15.6 Å². The minimum absolute atomic E-state index is 0.129. The van der Waals surface area contributed by atoms with E-state index in [9.17, 15) is 5.11 Å². The molecule has 1 heterocycles. The number of nitrogens with one attached hydrogen (secondary N) is 2. The largest absolute Gasteiger partial charge is 0.393 e. The molecule has 1 aliphatic rings. The minimum Gasteiger partial charge on any atom is -0.393 e. The second-order valence-electron chi connectivity index (χ2n) is 6.67. The van der Waals surface area contributed by atoms with E-state index in [-0.39, 0.29) is 6.10 Å². The quantitative estimate of drug-likeness (QED) is 0.538. The molecule has 0 amide bonds. The summed E-state index contributed by atoms with van der Waals surface area (Å²) in [4.78, 5) is 9.43. The number of thiazole rings is 1. The highest BCUT2D eigenvalue weighted by molar-refractivity contribution is 7.13. The summed E-state index contributed by atoms with van der Waals surface area (Å²) in [5, 5.41) is 19.6. The number of aliphatic imine (C=N–C) groups is 1. The molecule has 0 atom stereocenters. The highest BCUT2D eigenvalue weighted by atomic mass is 32.1. The summed E-state index contributed by atoms with van der Waals surface area (Å²) in [5.74, 6) is 0.868. The molecular formula is C20H28N4OS. The van der Waals surface area contributed by atoms with Gasteiger partial charge >= 0.3 is 0 Å². The molecule has 26 heavy (non-hydrogen) atoms. The molecular weight excluding hydrogens is 344 g/mol. The lowest BCUT2D eigenvalue weighted by molar-refractivity contribution is 0.120. The van der Waals surface area contributed by atoms with Gasteiger partial charge in [0.05, 0.1) is 11.8 Å². The van der Waals surface area contributed by atoms with Crippen molar-refractivity contribution >= 4 is 17.3 Å². The molecule has 1 aliphatic carbocycles. The smallest absolute Gasteiger partial charge is 0.191 e. The van der Waals surface area contributed by atoms with Crippen molar-refractivity contribution in [1.29, 1.82) is 0 Å². The van der Waals surface area contributed by atoms with E-state index in [1.807, 2.05) is 18.2 Å². The van der Waals surface area contributed by atoms with Gasteiger partial charge in [-0.05, 0) is 32.6 Å². The van der Waals surface area contributed by atoms with Crippen LogP contribution in [0.5, 0.6) is 0 Å². The lowest BCUT2D eigenvalue weighted by atomic mass is 9.93. The third-order valence-electron chi connectivity index (χ3n) is 4.59. The Morgan fingerprint density at radius 2 is 2.00 bits per heavy atom. The lowest BCUT2D eigenvalue weighted by Gasteiger charge is -2.27. The Labute approximate surface area is 159 Å². The summed E-state index contributed by atoms with van der Waals surface area (Å²) < 4.78 is 0. The first-order valence-electron chi connectivity index (χ1n) is 9.47. The van der Waals surface area contributed by atoms with E-state index < -0.39 is 0 Å². The molecule has 1 aromatic carbocycles. The Hall–Kier alpha value is -1.92. The molecule has 1 aromatic heterocycles. The zero-order chi connectivity index (χ0) is 18.2. The number of benzene rings is 1. The predicted octanol–water partition coefficient (Wildman–Crippen LogP) is 3.21. The first-order valence-corrected chi connectivity index (χ1v) is 10.3. The molecule has 0 bridgehead atoms. The van der Waals surface area contributed by atoms with Gasteiger partial charge in [0.15, 0.2) is 5.96 Å². The molecule has 5 nitrogen and oxygen atoms in total. The Kier molecular flexibility index (Phi) is 7.03. The molecule has 0 radical (unpaired) electrons. The summed E-state index contributed by atoms with van der Waals surface area (Å²) in [5.41, 5.74) is 2.26. The number of rotatable bonds is 6. The number of aliphatic hydroxyl groups is 1. The highest BCUT2D eigenvalue weighted by Crippen LogP contribution is 2.23. The molecule has 3 rings (SSSR count). The van der Waals surface area contributed by atoms with Gasteiger partial charge in [0.2, 0.25) is 0 Å². The van der Waals surface area contributed by atoms with E-state index >= 15 is 0 Å². The molecule has 1 fully saturated rings. The van der Waals surface area contributed by atoms with E-state index in [0.717, 1.165) is 55.3 Å². The average molecular weight is 373 g/mol. The maximum Gasteiger partial charge on any atom is 0.191 e.